The molecule has 0 unspecified atom stereocenters. The Morgan fingerprint density at radius 2 is 1.18 bits per heavy atom. The number of aliphatic hydroxyl groups excluding tert-OH is 2. The number of carbonyl (C=O) groups excluding carboxylic acids is 10. The minimum atomic E-state index is -1.67. The number of hydrogen-bond acceptors (Lipinski definition) is 13. The van der Waals surface area contributed by atoms with Crippen LogP contribution in [0.15, 0.2) is 0 Å². The van der Waals surface area contributed by atoms with Crippen molar-refractivity contribution in [3.63, 3.8) is 0 Å². The molecule has 0 saturated carbocycles. The van der Waals surface area contributed by atoms with Gasteiger partial charge in [0, 0.05) is 44.4 Å². The number of carbonyl (C=O) groups is 10. The van der Waals surface area contributed by atoms with Crippen LogP contribution in [-0.4, -0.2) is 159 Å². The summed E-state index contributed by atoms with van der Waals surface area (Å²) < 4.78 is 0. The van der Waals surface area contributed by atoms with Gasteiger partial charge >= 0.3 is 0 Å². The molecule has 1 aliphatic rings. The van der Waals surface area contributed by atoms with Crippen molar-refractivity contribution in [2.24, 2.45) is 23.7 Å². The summed E-state index contributed by atoms with van der Waals surface area (Å²) >= 11 is 0. The highest BCUT2D eigenvalue weighted by atomic mass is 16.3. The van der Waals surface area contributed by atoms with Crippen molar-refractivity contribution in [2.45, 2.75) is 253 Å². The third-order valence-corrected chi connectivity index (χ3v) is 15.0. The van der Waals surface area contributed by atoms with Gasteiger partial charge in [-0.2, -0.15) is 0 Å². The van der Waals surface area contributed by atoms with Gasteiger partial charge in [0.15, 0.2) is 0 Å². The van der Waals surface area contributed by atoms with Crippen LogP contribution in [0.25, 0.3) is 0 Å². The molecular formula is C57H104N10O12. The zero-order chi connectivity index (χ0) is 60.6. The topological polar surface area (TPSA) is 323 Å². The number of unbranched alkanes of at least 4 members (excludes halogenated alkanes) is 3. The maximum Gasteiger partial charge on any atom is 0.246 e. The number of Topliss-reactive ketones (excluding diaryl/α,β-unsaturated/α-hetero) is 1. The Balaban J connectivity index is 3.27. The van der Waals surface area contributed by atoms with Crippen molar-refractivity contribution in [3.8, 4) is 0 Å². The van der Waals surface area contributed by atoms with Crippen LogP contribution >= 0.6 is 0 Å². The molecular weight excluding hydrogens is 1020 g/mol. The fourth-order valence-electron chi connectivity index (χ4n) is 9.15. The largest absolute Gasteiger partial charge is 0.395 e. The van der Waals surface area contributed by atoms with E-state index in [4.69, 9.17) is 5.11 Å². The Labute approximate surface area is 471 Å². The smallest absolute Gasteiger partial charge is 0.246 e. The van der Waals surface area contributed by atoms with E-state index >= 15 is 0 Å². The standard InChI is InChI=1S/C57H104N10O12/c1-17-21-22-23-25-37(8)51(76)67-28-24-26-43(67)48(73)61-42(31-34(5)30-41(70)32-40(69)20-4)47(72)60-39(10)46(71)64-55(11,12)53(78)63-44(35(6)18-2)49(74)62-45(36(7)19-3)50(75)65-57(15,16)54(79)66-56(13,14)52(77)59-38(9)33-58-27-29-68/h34-39,41-45,58,68,70H,17-33H2,1-16H3,(H,59,77)(H,60,72)(H,61,73)(H,62,74)(H,63,78)(H,64,71)(H,65,75)(H,66,79)/t34-,35+,36+,37-,38-,39+,41+,42-,43+,44-,45+/m0/s1. The SMILES string of the molecule is CCCCCC[C@H](C)C(=O)N1CCC[C@@H]1C(=O)N[C@@H](C[C@@H](C)C[C@@H](O)CC(=O)CC)C(=O)N[C@H](C)C(=O)NC(C)(C)C(=O)N[C@H](C(=O)N[C@@H](C(=O)NC(C)(C)C(=O)NC(C)(C)C(=O)N[C@@H](C)CNCCO)[C@H](C)CC)[C@H](C)CC. The molecule has 0 spiro atoms. The average molecular weight is 1120 g/mol. The van der Waals surface area contributed by atoms with E-state index in [0.717, 1.165) is 25.7 Å². The van der Waals surface area contributed by atoms with E-state index < -0.39 is 112 Å². The molecule has 11 N–H and O–H groups in total. The molecule has 1 aliphatic heterocycles. The minimum Gasteiger partial charge on any atom is -0.395 e. The third-order valence-electron chi connectivity index (χ3n) is 15.0. The lowest BCUT2D eigenvalue weighted by atomic mass is 9.92. The first kappa shape index (κ1) is 71.8. The van der Waals surface area contributed by atoms with E-state index in [9.17, 15) is 53.1 Å². The highest BCUT2D eigenvalue weighted by Gasteiger charge is 2.42. The number of nitrogens with zero attached hydrogens (tertiary/aromatic N) is 1. The lowest BCUT2D eigenvalue weighted by molar-refractivity contribution is -0.142. The molecule has 0 aliphatic carbocycles. The highest BCUT2D eigenvalue weighted by molar-refractivity contribution is 6.00. The van der Waals surface area contributed by atoms with Gasteiger partial charge < -0.3 is 63.0 Å². The molecule has 22 nitrogen and oxygen atoms in total. The predicted octanol–water partition coefficient (Wildman–Crippen LogP) is 2.55. The van der Waals surface area contributed by atoms with Crippen molar-refractivity contribution in [1.82, 2.24) is 52.8 Å². The van der Waals surface area contributed by atoms with Gasteiger partial charge in [-0.05, 0) is 105 Å². The number of hydrogen-bond donors (Lipinski definition) is 11. The summed E-state index contributed by atoms with van der Waals surface area (Å²) in [4.78, 5) is 138. The van der Waals surface area contributed by atoms with Gasteiger partial charge in [0.25, 0.3) is 0 Å². The lowest BCUT2D eigenvalue weighted by Gasteiger charge is -2.35. The van der Waals surface area contributed by atoms with E-state index in [0.29, 0.717) is 51.7 Å². The van der Waals surface area contributed by atoms with Gasteiger partial charge in [0.1, 0.15) is 52.6 Å². The third kappa shape index (κ3) is 24.2. The summed E-state index contributed by atoms with van der Waals surface area (Å²) in [5, 5.41) is 44.7. The molecule has 22 heteroatoms. The van der Waals surface area contributed by atoms with E-state index in [1.165, 1.54) is 48.5 Å². The molecule has 1 rings (SSSR count). The van der Waals surface area contributed by atoms with Crippen molar-refractivity contribution >= 4 is 58.9 Å². The van der Waals surface area contributed by atoms with E-state index in [1.54, 1.807) is 39.5 Å². The quantitative estimate of drug-likeness (QED) is 0.0399. The molecule has 0 aromatic carbocycles. The van der Waals surface area contributed by atoms with Gasteiger partial charge in [-0.15, -0.1) is 0 Å². The van der Waals surface area contributed by atoms with Gasteiger partial charge in [0.2, 0.25) is 53.2 Å². The number of rotatable bonds is 37. The normalized spacial score (nSPS) is 17.7. The van der Waals surface area contributed by atoms with Crippen LogP contribution in [0, 0.1) is 23.7 Å². The van der Waals surface area contributed by atoms with E-state index in [2.05, 4.69) is 54.8 Å². The number of amides is 9. The van der Waals surface area contributed by atoms with Crippen molar-refractivity contribution in [2.75, 3.05) is 26.2 Å². The van der Waals surface area contributed by atoms with Crippen LogP contribution in [0.4, 0.5) is 0 Å². The Bertz CT molecular complexity index is 2030. The monoisotopic (exact) mass is 1120 g/mol. The first-order valence-corrected chi connectivity index (χ1v) is 29.0. The second kappa shape index (κ2) is 34.2. The highest BCUT2D eigenvalue weighted by Crippen LogP contribution is 2.24. The van der Waals surface area contributed by atoms with Crippen LogP contribution in [-0.2, 0) is 47.9 Å². The summed E-state index contributed by atoms with van der Waals surface area (Å²) in [6.45, 7) is 27.6. The first-order chi connectivity index (χ1) is 36.7. The number of ketones is 1. The van der Waals surface area contributed by atoms with Crippen molar-refractivity contribution in [1.29, 1.82) is 0 Å². The summed E-state index contributed by atoms with van der Waals surface area (Å²) in [5.41, 5.74) is -4.64. The van der Waals surface area contributed by atoms with Crippen molar-refractivity contribution < 1.29 is 58.2 Å². The summed E-state index contributed by atoms with van der Waals surface area (Å²) in [7, 11) is 0. The van der Waals surface area contributed by atoms with E-state index in [1.807, 2.05) is 20.8 Å². The Morgan fingerprint density at radius 3 is 1.75 bits per heavy atom. The Morgan fingerprint density at radius 1 is 0.620 bits per heavy atom. The van der Waals surface area contributed by atoms with Crippen LogP contribution < -0.4 is 47.9 Å². The zero-order valence-electron chi connectivity index (χ0n) is 50.8. The second-order valence-corrected chi connectivity index (χ2v) is 23.9. The molecule has 454 valence electrons. The lowest BCUT2D eigenvalue weighted by Crippen LogP contribution is -2.66. The van der Waals surface area contributed by atoms with Crippen LogP contribution in [0.2, 0.25) is 0 Å². The maximum atomic E-state index is 14.2. The molecule has 79 heavy (non-hydrogen) atoms. The fourth-order valence-corrected chi connectivity index (χ4v) is 9.15. The number of nitrogens with one attached hydrogen (secondary N) is 9. The number of aliphatic hydroxyl groups is 2. The molecule has 1 fully saturated rings. The summed E-state index contributed by atoms with van der Waals surface area (Å²) in [6.07, 6.45) is 6.01. The van der Waals surface area contributed by atoms with Gasteiger partial charge in [-0.25, -0.2) is 0 Å². The van der Waals surface area contributed by atoms with Gasteiger partial charge in [-0.1, -0.05) is 93.9 Å². The first-order valence-electron chi connectivity index (χ1n) is 29.0. The fraction of sp³-hybridized carbons (Fsp3) is 0.825. The molecule has 1 saturated heterocycles. The zero-order valence-corrected chi connectivity index (χ0v) is 50.8. The predicted molar refractivity (Wildman–Crippen MR) is 304 cm³/mol. The van der Waals surface area contributed by atoms with Gasteiger partial charge in [-0.3, -0.25) is 47.9 Å². The molecule has 0 radical (unpaired) electrons. The molecule has 9 amide bonds. The molecule has 1 heterocycles. The second-order valence-electron chi connectivity index (χ2n) is 23.9. The Kier molecular flexibility index (Phi) is 31.0. The molecule has 0 aromatic heterocycles. The van der Waals surface area contributed by atoms with Crippen LogP contribution in [0.1, 0.15) is 194 Å². The minimum absolute atomic E-state index is 0.0296. The van der Waals surface area contributed by atoms with E-state index in [-0.39, 0.29) is 61.9 Å². The summed E-state index contributed by atoms with van der Waals surface area (Å²) in [5.74, 6) is -7.12. The molecule has 0 aromatic rings. The van der Waals surface area contributed by atoms with Crippen molar-refractivity contribution in [3.05, 3.63) is 0 Å². The average Bonchev–Trinajstić information content (AvgIpc) is 3.87. The van der Waals surface area contributed by atoms with Crippen LogP contribution in [0.5, 0.6) is 0 Å². The van der Waals surface area contributed by atoms with Gasteiger partial charge in [0.05, 0.1) is 12.7 Å². The molecule has 0 bridgehead atoms. The summed E-state index contributed by atoms with van der Waals surface area (Å²) in [6, 6.07) is -5.98. The maximum absolute atomic E-state index is 14.2. The number of likely N-dealkylation sites (tertiary alicyclic amines) is 1. The van der Waals surface area contributed by atoms with Crippen LogP contribution in [0.3, 0.4) is 0 Å². The molecule has 11 atom stereocenters. The Hall–Kier alpha value is -5.22.